The van der Waals surface area contributed by atoms with E-state index in [0.29, 0.717) is 12.6 Å². The van der Waals surface area contributed by atoms with E-state index in [1.165, 1.54) is 4.90 Å². The molecule has 1 atom stereocenters. The van der Waals surface area contributed by atoms with Crippen molar-refractivity contribution < 1.29 is 28.2 Å². The third-order valence-electron chi connectivity index (χ3n) is 7.38. The first-order valence-corrected chi connectivity index (χ1v) is 10.7. The normalized spacial score (nSPS) is 35.8. The molecule has 0 radical (unpaired) electrons. The maximum Gasteiger partial charge on any atom is 0.409 e. The predicted molar refractivity (Wildman–Crippen MR) is 101 cm³/mol. The SMILES string of the molecule is CCOC(=O)N1CCC2(CC(N3CCC(N4CC(F)(F)CC4C(=O)O)CC3)C2)C1. The van der Waals surface area contributed by atoms with Crippen LogP contribution in [0.1, 0.15) is 45.4 Å². The lowest BCUT2D eigenvalue weighted by Gasteiger charge is -2.52. The summed E-state index contributed by atoms with van der Waals surface area (Å²) in [4.78, 5) is 29.1. The zero-order valence-electron chi connectivity index (χ0n) is 17.0. The molecule has 164 valence electrons. The Kier molecular flexibility index (Phi) is 5.48. The summed E-state index contributed by atoms with van der Waals surface area (Å²) in [5, 5.41) is 9.32. The Morgan fingerprint density at radius 2 is 1.76 bits per heavy atom. The van der Waals surface area contributed by atoms with Crippen LogP contribution < -0.4 is 0 Å². The number of amides is 1. The molecule has 0 aromatic rings. The number of hydrogen-bond donors (Lipinski definition) is 1. The number of nitrogens with zero attached hydrogens (tertiary/aromatic N) is 3. The molecule has 7 nitrogen and oxygen atoms in total. The summed E-state index contributed by atoms with van der Waals surface area (Å²) in [6.45, 7) is 4.93. The van der Waals surface area contributed by atoms with Gasteiger partial charge in [-0.15, -0.1) is 0 Å². The average Bonchev–Trinajstić information content (AvgIpc) is 3.22. The van der Waals surface area contributed by atoms with Crippen LogP contribution in [0.15, 0.2) is 0 Å². The quantitative estimate of drug-likeness (QED) is 0.759. The summed E-state index contributed by atoms with van der Waals surface area (Å²) >= 11 is 0. The molecule has 4 rings (SSSR count). The van der Waals surface area contributed by atoms with Crippen LogP contribution in [0.4, 0.5) is 13.6 Å². The Morgan fingerprint density at radius 1 is 1.07 bits per heavy atom. The van der Waals surface area contributed by atoms with Crippen molar-refractivity contribution in [3.8, 4) is 0 Å². The molecule has 1 amide bonds. The third kappa shape index (κ3) is 4.08. The van der Waals surface area contributed by atoms with Gasteiger partial charge in [0.15, 0.2) is 0 Å². The number of hydrogen-bond acceptors (Lipinski definition) is 5. The van der Waals surface area contributed by atoms with Crippen molar-refractivity contribution in [2.24, 2.45) is 5.41 Å². The van der Waals surface area contributed by atoms with Crippen molar-refractivity contribution >= 4 is 12.1 Å². The maximum absolute atomic E-state index is 13.8. The van der Waals surface area contributed by atoms with E-state index in [0.717, 1.165) is 58.3 Å². The molecular weight excluding hydrogens is 384 g/mol. The molecule has 1 N–H and O–H groups in total. The molecule has 0 bridgehead atoms. The van der Waals surface area contributed by atoms with Crippen LogP contribution in [0, 0.1) is 5.41 Å². The smallest absolute Gasteiger partial charge is 0.409 e. The van der Waals surface area contributed by atoms with Gasteiger partial charge in [-0.25, -0.2) is 13.6 Å². The first-order chi connectivity index (χ1) is 13.7. The van der Waals surface area contributed by atoms with E-state index >= 15 is 0 Å². The number of carboxylic acids is 1. The molecule has 1 unspecified atom stereocenters. The van der Waals surface area contributed by atoms with E-state index < -0.39 is 30.9 Å². The summed E-state index contributed by atoms with van der Waals surface area (Å²) in [6, 6.07) is -0.671. The number of ether oxygens (including phenoxy) is 1. The van der Waals surface area contributed by atoms with Gasteiger partial charge in [-0.3, -0.25) is 9.69 Å². The second-order valence-electron chi connectivity index (χ2n) is 9.29. The predicted octanol–water partition coefficient (Wildman–Crippen LogP) is 2.26. The van der Waals surface area contributed by atoms with Crippen LogP contribution in [0.2, 0.25) is 0 Å². The van der Waals surface area contributed by atoms with Gasteiger partial charge in [0.2, 0.25) is 0 Å². The van der Waals surface area contributed by atoms with Crippen LogP contribution >= 0.6 is 0 Å². The van der Waals surface area contributed by atoms with Crippen LogP contribution in [0.5, 0.6) is 0 Å². The van der Waals surface area contributed by atoms with Crippen molar-refractivity contribution in [1.29, 1.82) is 0 Å². The lowest BCUT2D eigenvalue weighted by atomic mass is 9.64. The lowest BCUT2D eigenvalue weighted by Crippen LogP contribution is -2.56. The molecule has 3 aliphatic heterocycles. The summed E-state index contributed by atoms with van der Waals surface area (Å²) in [5.41, 5.74) is 0.208. The van der Waals surface area contributed by atoms with Crippen LogP contribution in [0.25, 0.3) is 0 Å². The third-order valence-corrected chi connectivity index (χ3v) is 7.38. The van der Waals surface area contributed by atoms with Gasteiger partial charge in [-0.05, 0) is 57.5 Å². The number of alkyl halides is 2. The highest BCUT2D eigenvalue weighted by molar-refractivity contribution is 5.74. The topological polar surface area (TPSA) is 73.3 Å². The Bertz CT molecular complexity index is 648. The van der Waals surface area contributed by atoms with Gasteiger partial charge in [-0.2, -0.15) is 0 Å². The fourth-order valence-electron chi connectivity index (χ4n) is 5.87. The van der Waals surface area contributed by atoms with Gasteiger partial charge in [0.05, 0.1) is 13.2 Å². The summed E-state index contributed by atoms with van der Waals surface area (Å²) in [6.07, 6.45) is 3.81. The molecule has 1 aliphatic carbocycles. The minimum atomic E-state index is -2.91. The Balaban J connectivity index is 1.25. The molecule has 0 aromatic heterocycles. The van der Waals surface area contributed by atoms with Gasteiger partial charge in [0.25, 0.3) is 5.92 Å². The molecule has 4 aliphatic rings. The standard InChI is InChI=1S/C20H31F2N3O4/c1-2-29-18(28)24-8-5-19(12-24)9-15(10-19)23-6-3-14(4-7-23)25-13-20(21,22)11-16(25)17(26)27/h14-16H,2-13H2,1H3,(H,26,27). The van der Waals surface area contributed by atoms with Gasteiger partial charge < -0.3 is 19.6 Å². The molecule has 3 heterocycles. The van der Waals surface area contributed by atoms with Crippen molar-refractivity contribution in [1.82, 2.24) is 14.7 Å². The number of likely N-dealkylation sites (tertiary alicyclic amines) is 3. The molecule has 0 aromatic carbocycles. The summed E-state index contributed by atoms with van der Waals surface area (Å²) in [7, 11) is 0. The van der Waals surface area contributed by atoms with E-state index in [9.17, 15) is 23.5 Å². The number of rotatable bonds is 4. The second kappa shape index (κ2) is 7.65. The number of piperidine rings is 1. The highest BCUT2D eigenvalue weighted by atomic mass is 19.3. The van der Waals surface area contributed by atoms with Crippen molar-refractivity contribution in [2.45, 2.75) is 69.5 Å². The van der Waals surface area contributed by atoms with Gasteiger partial charge >= 0.3 is 12.1 Å². The van der Waals surface area contributed by atoms with Gasteiger partial charge in [-0.1, -0.05) is 0 Å². The molecule has 3 saturated heterocycles. The summed E-state index contributed by atoms with van der Waals surface area (Å²) < 4.78 is 32.7. The lowest BCUT2D eigenvalue weighted by molar-refractivity contribution is -0.143. The molecule has 29 heavy (non-hydrogen) atoms. The van der Waals surface area contributed by atoms with E-state index in [1.54, 1.807) is 0 Å². The molecular formula is C20H31F2N3O4. The van der Waals surface area contributed by atoms with E-state index in [-0.39, 0.29) is 17.6 Å². The second-order valence-corrected chi connectivity index (χ2v) is 9.29. The van der Waals surface area contributed by atoms with Crippen LogP contribution in [0.3, 0.4) is 0 Å². The monoisotopic (exact) mass is 415 g/mol. The minimum absolute atomic E-state index is 0.0828. The fourth-order valence-corrected chi connectivity index (χ4v) is 5.87. The average molecular weight is 415 g/mol. The largest absolute Gasteiger partial charge is 0.480 e. The minimum Gasteiger partial charge on any atom is -0.480 e. The Labute approximate surface area is 169 Å². The molecule has 9 heteroatoms. The zero-order valence-corrected chi connectivity index (χ0v) is 17.0. The Morgan fingerprint density at radius 3 is 2.38 bits per heavy atom. The van der Waals surface area contributed by atoms with Gasteiger partial charge in [0, 0.05) is 31.6 Å². The maximum atomic E-state index is 13.8. The van der Waals surface area contributed by atoms with Gasteiger partial charge in [0.1, 0.15) is 6.04 Å². The molecule has 4 fully saturated rings. The van der Waals surface area contributed by atoms with E-state index in [1.807, 2.05) is 11.8 Å². The van der Waals surface area contributed by atoms with E-state index in [2.05, 4.69) is 4.90 Å². The van der Waals surface area contributed by atoms with E-state index in [4.69, 9.17) is 4.74 Å². The van der Waals surface area contributed by atoms with Crippen molar-refractivity contribution in [2.75, 3.05) is 39.3 Å². The molecule has 1 saturated carbocycles. The number of halogens is 2. The highest BCUT2D eigenvalue weighted by Gasteiger charge is 2.53. The number of carboxylic acid groups (broad SMARTS) is 1. The number of carbonyl (C=O) groups is 2. The first kappa shape index (κ1) is 20.8. The zero-order chi connectivity index (χ0) is 20.8. The fraction of sp³-hybridized carbons (Fsp3) is 0.900. The number of aliphatic carboxylic acids is 1. The van der Waals surface area contributed by atoms with Crippen molar-refractivity contribution in [3.63, 3.8) is 0 Å². The Hall–Kier alpha value is -1.48. The summed E-state index contributed by atoms with van der Waals surface area (Å²) in [5.74, 6) is -4.05. The first-order valence-electron chi connectivity index (χ1n) is 10.7. The molecule has 1 spiro atoms. The highest BCUT2D eigenvalue weighted by Crippen LogP contribution is 2.50. The van der Waals surface area contributed by atoms with Crippen LogP contribution in [-0.4, -0.2) is 95.2 Å². The van der Waals surface area contributed by atoms with Crippen molar-refractivity contribution in [3.05, 3.63) is 0 Å². The number of carbonyl (C=O) groups excluding carboxylic acids is 1. The van der Waals surface area contributed by atoms with Crippen LogP contribution in [-0.2, 0) is 9.53 Å².